The standard InChI is InChI=1S/C14H19N3O/c1-10-4-5-11-9-13(16-12(11)8-10)14(18)15-6-7-17(2)3/h4-5,8-9,16H,6-7H2,1-3H3,(H,15,18). The Morgan fingerprint density at radius 1 is 1.33 bits per heavy atom. The van der Waals surface area contributed by atoms with Gasteiger partial charge in [0.25, 0.3) is 5.91 Å². The van der Waals surface area contributed by atoms with Gasteiger partial charge in [0, 0.05) is 24.0 Å². The summed E-state index contributed by atoms with van der Waals surface area (Å²) in [7, 11) is 3.97. The van der Waals surface area contributed by atoms with Gasteiger partial charge in [0.05, 0.1) is 0 Å². The van der Waals surface area contributed by atoms with Gasteiger partial charge in [0.1, 0.15) is 5.69 Å². The fraction of sp³-hybridized carbons (Fsp3) is 0.357. The fourth-order valence-electron chi connectivity index (χ4n) is 1.85. The molecule has 0 radical (unpaired) electrons. The predicted molar refractivity (Wildman–Crippen MR) is 73.9 cm³/mol. The van der Waals surface area contributed by atoms with E-state index in [9.17, 15) is 4.79 Å². The molecule has 0 bridgehead atoms. The maximum absolute atomic E-state index is 11.9. The lowest BCUT2D eigenvalue weighted by Gasteiger charge is -2.09. The van der Waals surface area contributed by atoms with Crippen molar-refractivity contribution in [2.75, 3.05) is 27.2 Å². The summed E-state index contributed by atoms with van der Waals surface area (Å²) in [6.07, 6.45) is 0. The van der Waals surface area contributed by atoms with Crippen molar-refractivity contribution in [3.05, 3.63) is 35.5 Å². The lowest BCUT2D eigenvalue weighted by atomic mass is 10.2. The largest absolute Gasteiger partial charge is 0.351 e. The summed E-state index contributed by atoms with van der Waals surface area (Å²) in [5.74, 6) is -0.0503. The maximum atomic E-state index is 11.9. The number of aryl methyl sites for hydroxylation is 1. The van der Waals surface area contributed by atoms with E-state index >= 15 is 0 Å². The normalized spacial score (nSPS) is 11.1. The number of benzene rings is 1. The lowest BCUT2D eigenvalue weighted by molar-refractivity contribution is 0.0947. The average molecular weight is 245 g/mol. The first-order valence-electron chi connectivity index (χ1n) is 6.08. The van der Waals surface area contributed by atoms with Crippen molar-refractivity contribution in [1.29, 1.82) is 0 Å². The van der Waals surface area contributed by atoms with Crippen LogP contribution in [0.15, 0.2) is 24.3 Å². The fourth-order valence-corrected chi connectivity index (χ4v) is 1.85. The van der Waals surface area contributed by atoms with Crippen LogP contribution < -0.4 is 5.32 Å². The minimum absolute atomic E-state index is 0.0503. The number of rotatable bonds is 4. The van der Waals surface area contributed by atoms with E-state index < -0.39 is 0 Å². The third-order valence-corrected chi connectivity index (χ3v) is 2.87. The molecule has 4 nitrogen and oxygen atoms in total. The quantitative estimate of drug-likeness (QED) is 0.862. The van der Waals surface area contributed by atoms with Crippen molar-refractivity contribution in [2.45, 2.75) is 6.92 Å². The Bertz CT molecular complexity index is 557. The van der Waals surface area contributed by atoms with Crippen LogP contribution in [0.2, 0.25) is 0 Å². The second-order valence-corrected chi connectivity index (χ2v) is 4.83. The Kier molecular flexibility index (Phi) is 3.67. The van der Waals surface area contributed by atoms with Crippen LogP contribution in [0.25, 0.3) is 10.9 Å². The number of likely N-dealkylation sites (N-methyl/N-ethyl adjacent to an activating group) is 1. The zero-order valence-corrected chi connectivity index (χ0v) is 11.1. The number of fused-ring (bicyclic) bond motifs is 1. The highest BCUT2D eigenvalue weighted by Crippen LogP contribution is 2.16. The monoisotopic (exact) mass is 245 g/mol. The number of carbonyl (C=O) groups excluding carboxylic acids is 1. The number of hydrogen-bond acceptors (Lipinski definition) is 2. The minimum atomic E-state index is -0.0503. The van der Waals surface area contributed by atoms with Crippen LogP contribution in [0.5, 0.6) is 0 Å². The molecule has 0 unspecified atom stereocenters. The van der Waals surface area contributed by atoms with Crippen LogP contribution in [0.3, 0.4) is 0 Å². The molecule has 0 aliphatic carbocycles. The number of hydrogen-bond donors (Lipinski definition) is 2. The highest BCUT2D eigenvalue weighted by Gasteiger charge is 2.08. The Morgan fingerprint density at radius 2 is 2.11 bits per heavy atom. The van der Waals surface area contributed by atoms with E-state index in [0.717, 1.165) is 17.4 Å². The molecule has 2 aromatic rings. The Morgan fingerprint density at radius 3 is 2.83 bits per heavy atom. The van der Waals surface area contributed by atoms with Crippen molar-refractivity contribution in [1.82, 2.24) is 15.2 Å². The summed E-state index contributed by atoms with van der Waals surface area (Å²) in [5.41, 5.74) is 2.81. The molecule has 2 N–H and O–H groups in total. The first-order chi connectivity index (χ1) is 8.56. The molecule has 18 heavy (non-hydrogen) atoms. The van der Waals surface area contributed by atoms with Crippen LogP contribution in [0.4, 0.5) is 0 Å². The summed E-state index contributed by atoms with van der Waals surface area (Å²) in [6.45, 7) is 3.53. The van der Waals surface area contributed by atoms with Gasteiger partial charge in [0.2, 0.25) is 0 Å². The van der Waals surface area contributed by atoms with Crippen molar-refractivity contribution in [2.24, 2.45) is 0 Å². The van der Waals surface area contributed by atoms with Gasteiger partial charge < -0.3 is 15.2 Å². The van der Waals surface area contributed by atoms with E-state index in [1.54, 1.807) is 0 Å². The maximum Gasteiger partial charge on any atom is 0.267 e. The molecule has 0 atom stereocenters. The molecule has 0 spiro atoms. The van der Waals surface area contributed by atoms with E-state index in [0.29, 0.717) is 12.2 Å². The highest BCUT2D eigenvalue weighted by molar-refractivity contribution is 5.98. The molecule has 0 aliphatic rings. The summed E-state index contributed by atoms with van der Waals surface area (Å²) in [6, 6.07) is 8.01. The number of aromatic nitrogens is 1. The first-order valence-corrected chi connectivity index (χ1v) is 6.08. The van der Waals surface area contributed by atoms with Crippen molar-refractivity contribution in [3.63, 3.8) is 0 Å². The van der Waals surface area contributed by atoms with Gasteiger partial charge in [-0.1, -0.05) is 12.1 Å². The zero-order chi connectivity index (χ0) is 13.1. The highest BCUT2D eigenvalue weighted by atomic mass is 16.1. The number of amides is 1. The topological polar surface area (TPSA) is 48.1 Å². The predicted octanol–water partition coefficient (Wildman–Crippen LogP) is 1.77. The minimum Gasteiger partial charge on any atom is -0.351 e. The first kappa shape index (κ1) is 12.6. The van der Waals surface area contributed by atoms with Gasteiger partial charge in [-0.3, -0.25) is 4.79 Å². The Labute approximate surface area is 107 Å². The molecular weight excluding hydrogens is 226 g/mol. The number of nitrogens with zero attached hydrogens (tertiary/aromatic N) is 1. The van der Waals surface area contributed by atoms with E-state index in [-0.39, 0.29) is 5.91 Å². The second kappa shape index (κ2) is 5.23. The molecular formula is C14H19N3O. The van der Waals surface area contributed by atoms with Crippen LogP contribution in [0.1, 0.15) is 16.1 Å². The third kappa shape index (κ3) is 2.90. The second-order valence-electron chi connectivity index (χ2n) is 4.83. The van der Waals surface area contributed by atoms with Gasteiger partial charge in [-0.05, 0) is 38.7 Å². The summed E-state index contributed by atoms with van der Waals surface area (Å²) < 4.78 is 0. The van der Waals surface area contributed by atoms with Gasteiger partial charge in [0.15, 0.2) is 0 Å². The smallest absolute Gasteiger partial charge is 0.267 e. The van der Waals surface area contributed by atoms with Gasteiger partial charge in [-0.2, -0.15) is 0 Å². The van der Waals surface area contributed by atoms with E-state index in [1.165, 1.54) is 5.56 Å². The van der Waals surface area contributed by atoms with Gasteiger partial charge >= 0.3 is 0 Å². The van der Waals surface area contributed by atoms with Crippen LogP contribution in [0, 0.1) is 6.92 Å². The zero-order valence-electron chi connectivity index (χ0n) is 11.1. The summed E-state index contributed by atoms with van der Waals surface area (Å²) >= 11 is 0. The SMILES string of the molecule is Cc1ccc2cc(C(=O)NCCN(C)C)[nH]c2c1. The summed E-state index contributed by atoms with van der Waals surface area (Å²) in [5, 5.41) is 3.96. The molecule has 4 heteroatoms. The van der Waals surface area contributed by atoms with Crippen LogP contribution in [-0.2, 0) is 0 Å². The molecule has 1 aromatic heterocycles. The number of carbonyl (C=O) groups is 1. The molecule has 1 amide bonds. The molecule has 0 fully saturated rings. The van der Waals surface area contributed by atoms with E-state index in [2.05, 4.69) is 10.3 Å². The lowest BCUT2D eigenvalue weighted by Crippen LogP contribution is -2.31. The summed E-state index contributed by atoms with van der Waals surface area (Å²) in [4.78, 5) is 17.1. The molecule has 2 rings (SSSR count). The molecule has 1 aromatic carbocycles. The van der Waals surface area contributed by atoms with Gasteiger partial charge in [-0.25, -0.2) is 0 Å². The number of H-pyrrole nitrogens is 1. The Balaban J connectivity index is 2.08. The number of aromatic amines is 1. The molecule has 0 aliphatic heterocycles. The van der Waals surface area contributed by atoms with Crippen molar-refractivity contribution in [3.8, 4) is 0 Å². The molecule has 0 saturated heterocycles. The van der Waals surface area contributed by atoms with E-state index in [4.69, 9.17) is 0 Å². The molecule has 96 valence electrons. The van der Waals surface area contributed by atoms with Crippen molar-refractivity contribution < 1.29 is 4.79 Å². The third-order valence-electron chi connectivity index (χ3n) is 2.87. The molecule has 0 saturated carbocycles. The van der Waals surface area contributed by atoms with Gasteiger partial charge in [-0.15, -0.1) is 0 Å². The average Bonchev–Trinajstić information content (AvgIpc) is 2.71. The van der Waals surface area contributed by atoms with Crippen molar-refractivity contribution >= 4 is 16.8 Å². The van der Waals surface area contributed by atoms with Crippen LogP contribution in [-0.4, -0.2) is 43.0 Å². The Hall–Kier alpha value is -1.81. The molecule has 1 heterocycles. The van der Waals surface area contributed by atoms with Crippen LogP contribution >= 0.6 is 0 Å². The van der Waals surface area contributed by atoms with E-state index in [1.807, 2.05) is 50.2 Å². The number of nitrogens with one attached hydrogen (secondary N) is 2.